The first-order chi connectivity index (χ1) is 19.2. The molecule has 1 spiro atoms. The number of carbonyl (C=O) groups is 3. The maximum absolute atomic E-state index is 14.7. The van der Waals surface area contributed by atoms with Gasteiger partial charge >= 0.3 is 0 Å². The maximum Gasteiger partial charge on any atom is 0.251 e. The minimum atomic E-state index is -0.863. The molecular weight excluding hydrogens is 546 g/mol. The van der Waals surface area contributed by atoms with Crippen molar-refractivity contribution in [2.24, 2.45) is 11.8 Å². The molecule has 1 unspecified atom stereocenters. The molecule has 0 radical (unpaired) electrons. The van der Waals surface area contributed by atoms with Crippen molar-refractivity contribution in [1.82, 2.24) is 9.80 Å². The number of benzene rings is 1. The van der Waals surface area contributed by atoms with Crippen LogP contribution in [0.15, 0.2) is 42.5 Å². The Morgan fingerprint density at radius 3 is 2.45 bits per heavy atom. The van der Waals surface area contributed by atoms with E-state index in [4.69, 9.17) is 11.6 Å². The molecule has 3 amide bonds. The number of aliphatic hydroxyl groups is 1. The fourth-order valence-corrected chi connectivity index (χ4v) is 9.68. The van der Waals surface area contributed by atoms with Gasteiger partial charge in [-0.15, -0.1) is 11.8 Å². The van der Waals surface area contributed by atoms with Crippen LogP contribution in [0.5, 0.6) is 0 Å². The summed E-state index contributed by atoms with van der Waals surface area (Å²) in [6, 6.07) is 4.86. The zero-order valence-corrected chi connectivity index (χ0v) is 25.2. The molecule has 216 valence electrons. The molecule has 1 N–H and O–H groups in total. The number of thioether (sulfide) groups is 1. The molecule has 0 aromatic heterocycles. The number of unbranched alkanes of at least 4 members (excludes halogenated alkanes) is 3. The number of carbonyl (C=O) groups excluding carboxylic acids is 3. The van der Waals surface area contributed by atoms with Crippen LogP contribution in [-0.4, -0.2) is 80.9 Å². The Bertz CT molecular complexity index is 1220. The number of anilines is 1. The van der Waals surface area contributed by atoms with E-state index in [2.05, 4.69) is 32.1 Å². The predicted molar refractivity (Wildman–Crippen MR) is 160 cm³/mol. The van der Waals surface area contributed by atoms with E-state index in [0.29, 0.717) is 36.9 Å². The van der Waals surface area contributed by atoms with Crippen molar-refractivity contribution in [3.05, 3.63) is 53.1 Å². The van der Waals surface area contributed by atoms with Gasteiger partial charge in [0.15, 0.2) is 0 Å². The smallest absolute Gasteiger partial charge is 0.251 e. The lowest BCUT2D eigenvalue weighted by Gasteiger charge is -2.37. The Kier molecular flexibility index (Phi) is 8.42. The van der Waals surface area contributed by atoms with Gasteiger partial charge in [0.2, 0.25) is 11.8 Å². The average Bonchev–Trinajstić information content (AvgIpc) is 3.18. The fourth-order valence-electron chi connectivity index (χ4n) is 7.20. The van der Waals surface area contributed by atoms with Gasteiger partial charge < -0.3 is 19.8 Å². The molecule has 2 saturated heterocycles. The van der Waals surface area contributed by atoms with Crippen LogP contribution in [0, 0.1) is 18.8 Å². The van der Waals surface area contributed by atoms with Gasteiger partial charge in [0.05, 0.1) is 27.3 Å². The van der Waals surface area contributed by atoms with Crippen LogP contribution in [0.2, 0.25) is 5.02 Å². The number of aryl methyl sites for hydroxylation is 1. The third kappa shape index (κ3) is 4.70. The minimum absolute atomic E-state index is 0.00419. The molecular formula is C31H40ClN3O4S. The topological polar surface area (TPSA) is 81.2 Å². The van der Waals surface area contributed by atoms with Crippen LogP contribution in [0.3, 0.4) is 0 Å². The number of hydrogen-bond donors (Lipinski definition) is 1. The van der Waals surface area contributed by atoms with E-state index >= 15 is 0 Å². The number of hydrogen-bond acceptors (Lipinski definition) is 5. The molecule has 4 aliphatic heterocycles. The zero-order valence-electron chi connectivity index (χ0n) is 23.6. The van der Waals surface area contributed by atoms with Gasteiger partial charge in [0.1, 0.15) is 6.04 Å². The summed E-state index contributed by atoms with van der Waals surface area (Å²) in [4.78, 5) is 48.6. The molecule has 4 aliphatic rings. The monoisotopic (exact) mass is 585 g/mol. The SMILES string of the molecule is CCCN1CC=C[C@]2(C)S[C@]34C=CCN(c5c(C)cccc5Cl)C(=O)C3N(CCCCCCO)C(=O)[C@@H]4[C@@H]2C1=O. The zero-order chi connectivity index (χ0) is 28.7. The largest absolute Gasteiger partial charge is 0.396 e. The van der Waals surface area contributed by atoms with E-state index in [9.17, 15) is 19.5 Å². The second kappa shape index (κ2) is 11.5. The Morgan fingerprint density at radius 1 is 0.975 bits per heavy atom. The quantitative estimate of drug-likeness (QED) is 0.338. The highest BCUT2D eigenvalue weighted by atomic mass is 35.5. The van der Waals surface area contributed by atoms with E-state index in [1.54, 1.807) is 27.6 Å². The molecule has 0 saturated carbocycles. The van der Waals surface area contributed by atoms with Gasteiger partial charge in [-0.25, -0.2) is 0 Å². The number of amides is 3. The van der Waals surface area contributed by atoms with E-state index < -0.39 is 27.4 Å². The fraction of sp³-hybridized carbons (Fsp3) is 0.581. The van der Waals surface area contributed by atoms with Crippen LogP contribution >= 0.6 is 23.4 Å². The molecule has 0 aliphatic carbocycles. The summed E-state index contributed by atoms with van der Waals surface area (Å²) < 4.78 is -1.47. The van der Waals surface area contributed by atoms with Crippen molar-refractivity contribution >= 4 is 46.8 Å². The van der Waals surface area contributed by atoms with Crippen LogP contribution in [0.25, 0.3) is 0 Å². The molecule has 2 fully saturated rings. The first-order valence-electron chi connectivity index (χ1n) is 14.5. The lowest BCUT2D eigenvalue weighted by Crippen LogP contribution is -2.53. The van der Waals surface area contributed by atoms with Crippen molar-refractivity contribution in [2.45, 2.75) is 68.4 Å². The summed E-state index contributed by atoms with van der Waals surface area (Å²) in [5.41, 5.74) is 1.56. The number of rotatable bonds is 9. The Labute approximate surface area is 246 Å². The maximum atomic E-state index is 14.7. The molecule has 0 bridgehead atoms. The molecule has 1 aromatic carbocycles. The highest BCUT2D eigenvalue weighted by Crippen LogP contribution is 2.65. The van der Waals surface area contributed by atoms with Crippen molar-refractivity contribution in [1.29, 1.82) is 0 Å². The van der Waals surface area contributed by atoms with E-state index in [-0.39, 0.29) is 24.3 Å². The van der Waals surface area contributed by atoms with Crippen LogP contribution < -0.4 is 4.90 Å². The summed E-state index contributed by atoms with van der Waals surface area (Å²) in [6.45, 7) is 8.17. The van der Waals surface area contributed by atoms with Gasteiger partial charge in [0, 0.05) is 37.5 Å². The van der Waals surface area contributed by atoms with Crippen LogP contribution in [0.4, 0.5) is 5.69 Å². The van der Waals surface area contributed by atoms with Crippen molar-refractivity contribution in [3.63, 3.8) is 0 Å². The van der Waals surface area contributed by atoms with E-state index in [0.717, 1.165) is 37.7 Å². The van der Waals surface area contributed by atoms with Gasteiger partial charge in [-0.2, -0.15) is 0 Å². The third-order valence-electron chi connectivity index (χ3n) is 8.90. The number of para-hydroxylation sites is 1. The highest BCUT2D eigenvalue weighted by Gasteiger charge is 2.73. The summed E-state index contributed by atoms with van der Waals surface area (Å²) in [5.74, 6) is -1.44. The number of halogens is 1. The van der Waals surface area contributed by atoms with Crippen molar-refractivity contribution < 1.29 is 19.5 Å². The Morgan fingerprint density at radius 2 is 1.73 bits per heavy atom. The standard InChI is InChI=1S/C31H40ClN3O4S/c1-4-16-33-17-10-14-30(3)23(27(33)37)24-28(38)35(18-7-5-6-8-20-36)26-29(39)34(19-11-15-31(24,26)40-30)25-21(2)12-9-13-22(25)32/h9-15,23-24,26,36H,4-8,16-20H2,1-3H3/t23-,24+,26?,30+,31+/m1/s1. The van der Waals surface area contributed by atoms with Crippen molar-refractivity contribution in [2.75, 3.05) is 37.7 Å². The molecule has 9 heteroatoms. The molecule has 4 heterocycles. The van der Waals surface area contributed by atoms with Gasteiger partial charge in [0.25, 0.3) is 5.91 Å². The predicted octanol–water partition coefficient (Wildman–Crippen LogP) is 4.60. The Balaban J connectivity index is 1.59. The van der Waals surface area contributed by atoms with Gasteiger partial charge in [-0.05, 0) is 44.7 Å². The summed E-state index contributed by atoms with van der Waals surface area (Å²) >= 11 is 8.27. The summed E-state index contributed by atoms with van der Waals surface area (Å²) in [6.07, 6.45) is 12.2. The highest BCUT2D eigenvalue weighted by molar-refractivity contribution is 8.02. The third-order valence-corrected chi connectivity index (χ3v) is 11.0. The number of nitrogens with zero attached hydrogens (tertiary/aromatic N) is 3. The average molecular weight is 586 g/mol. The Hall–Kier alpha value is -2.29. The van der Waals surface area contributed by atoms with E-state index in [1.165, 1.54) is 0 Å². The van der Waals surface area contributed by atoms with Crippen LogP contribution in [-0.2, 0) is 14.4 Å². The van der Waals surface area contributed by atoms with Crippen molar-refractivity contribution in [3.8, 4) is 0 Å². The summed E-state index contributed by atoms with van der Waals surface area (Å²) in [7, 11) is 0. The molecule has 5 rings (SSSR count). The number of aliphatic hydroxyl groups excluding tert-OH is 1. The van der Waals surface area contributed by atoms with Gasteiger partial charge in [-0.1, -0.05) is 67.8 Å². The minimum Gasteiger partial charge on any atom is -0.396 e. The van der Waals surface area contributed by atoms with Crippen LogP contribution in [0.1, 0.15) is 51.5 Å². The molecule has 5 atom stereocenters. The second-order valence-corrected chi connectivity index (χ2v) is 13.8. The van der Waals surface area contributed by atoms with E-state index in [1.807, 2.05) is 30.0 Å². The molecule has 1 aromatic rings. The number of likely N-dealkylation sites (tertiary alicyclic amines) is 1. The first kappa shape index (κ1) is 29.2. The van der Waals surface area contributed by atoms with Gasteiger partial charge in [-0.3, -0.25) is 14.4 Å². The first-order valence-corrected chi connectivity index (χ1v) is 15.7. The molecule has 7 nitrogen and oxygen atoms in total. The molecule has 40 heavy (non-hydrogen) atoms. The normalized spacial score (nSPS) is 31.4. The lowest BCUT2D eigenvalue weighted by molar-refractivity contribution is -0.143. The summed E-state index contributed by atoms with van der Waals surface area (Å²) in [5, 5.41) is 9.69. The number of fused-ring (bicyclic) bond motifs is 2. The second-order valence-electron chi connectivity index (χ2n) is 11.6. The lowest BCUT2D eigenvalue weighted by atomic mass is 9.74.